The van der Waals surface area contributed by atoms with Crippen LogP contribution in [0.2, 0.25) is 0 Å². The molecule has 3 nitrogen and oxygen atoms in total. The lowest BCUT2D eigenvalue weighted by atomic mass is 9.92. The minimum absolute atomic E-state index is 0.0213. The van der Waals surface area contributed by atoms with Crippen molar-refractivity contribution in [3.63, 3.8) is 0 Å². The van der Waals surface area contributed by atoms with Gasteiger partial charge in [0.1, 0.15) is 0 Å². The van der Waals surface area contributed by atoms with E-state index in [1.165, 1.54) is 6.42 Å². The third kappa shape index (κ3) is 3.25. The van der Waals surface area contributed by atoms with E-state index in [9.17, 15) is 0 Å². The van der Waals surface area contributed by atoms with E-state index in [1.54, 1.807) is 0 Å². The van der Waals surface area contributed by atoms with Crippen LogP contribution >= 0.6 is 0 Å². The van der Waals surface area contributed by atoms with Crippen molar-refractivity contribution in [2.45, 2.75) is 45.2 Å². The SMILES string of the molecule is CC1(C)CCC(NC(CO)CO)C1. The zero-order chi connectivity index (χ0) is 9.90. The standard InChI is InChI=1S/C10H21NO2/c1-10(2)4-3-8(5-10)11-9(6-12)7-13/h8-9,11-13H,3-7H2,1-2H3. The van der Waals surface area contributed by atoms with Crippen LogP contribution in [0.3, 0.4) is 0 Å². The van der Waals surface area contributed by atoms with Crippen molar-refractivity contribution in [1.29, 1.82) is 0 Å². The van der Waals surface area contributed by atoms with Gasteiger partial charge in [0, 0.05) is 6.04 Å². The lowest BCUT2D eigenvalue weighted by molar-refractivity contribution is 0.160. The average molecular weight is 187 g/mol. The summed E-state index contributed by atoms with van der Waals surface area (Å²) in [6.45, 7) is 4.57. The second-order valence-corrected chi connectivity index (χ2v) is 4.83. The zero-order valence-electron chi connectivity index (χ0n) is 8.58. The predicted octanol–water partition coefficient (Wildman–Crippen LogP) is 0.508. The first kappa shape index (κ1) is 11.0. The molecule has 0 amide bonds. The van der Waals surface area contributed by atoms with Gasteiger partial charge >= 0.3 is 0 Å². The molecule has 1 unspecified atom stereocenters. The number of hydrogen-bond acceptors (Lipinski definition) is 3. The van der Waals surface area contributed by atoms with Gasteiger partial charge in [-0.15, -0.1) is 0 Å². The maximum absolute atomic E-state index is 8.89. The van der Waals surface area contributed by atoms with Crippen LogP contribution in [0.1, 0.15) is 33.1 Å². The van der Waals surface area contributed by atoms with Crippen LogP contribution in [0, 0.1) is 5.41 Å². The van der Waals surface area contributed by atoms with Crippen molar-refractivity contribution in [3.8, 4) is 0 Å². The predicted molar refractivity (Wildman–Crippen MR) is 52.5 cm³/mol. The molecule has 0 aromatic rings. The Kier molecular flexibility index (Phi) is 3.71. The number of hydrogen-bond donors (Lipinski definition) is 3. The van der Waals surface area contributed by atoms with Crippen molar-refractivity contribution in [1.82, 2.24) is 5.32 Å². The highest BCUT2D eigenvalue weighted by Crippen LogP contribution is 2.36. The molecule has 1 aliphatic rings. The molecule has 0 aromatic heterocycles. The van der Waals surface area contributed by atoms with Gasteiger partial charge < -0.3 is 15.5 Å². The molecule has 1 atom stereocenters. The van der Waals surface area contributed by atoms with E-state index >= 15 is 0 Å². The summed E-state index contributed by atoms with van der Waals surface area (Å²) in [5.74, 6) is 0. The molecule has 0 heterocycles. The molecule has 78 valence electrons. The molecule has 0 aromatic carbocycles. The molecule has 3 heteroatoms. The van der Waals surface area contributed by atoms with E-state index < -0.39 is 0 Å². The van der Waals surface area contributed by atoms with E-state index in [0.717, 1.165) is 12.8 Å². The van der Waals surface area contributed by atoms with Crippen molar-refractivity contribution < 1.29 is 10.2 Å². The highest BCUT2D eigenvalue weighted by molar-refractivity contribution is 4.87. The summed E-state index contributed by atoms with van der Waals surface area (Å²) in [4.78, 5) is 0. The Morgan fingerprint density at radius 2 is 2.00 bits per heavy atom. The third-order valence-electron chi connectivity index (χ3n) is 2.88. The fourth-order valence-corrected chi connectivity index (χ4v) is 2.07. The number of aliphatic hydroxyl groups excluding tert-OH is 2. The molecule has 1 fully saturated rings. The first-order chi connectivity index (χ1) is 6.07. The minimum Gasteiger partial charge on any atom is -0.395 e. The average Bonchev–Trinajstić information content (AvgIpc) is 2.41. The highest BCUT2D eigenvalue weighted by Gasteiger charge is 2.31. The van der Waals surface area contributed by atoms with Gasteiger partial charge in [0.05, 0.1) is 19.3 Å². The maximum atomic E-state index is 8.89. The molecule has 1 saturated carbocycles. The smallest absolute Gasteiger partial charge is 0.0607 e. The molecule has 0 radical (unpaired) electrons. The Balaban J connectivity index is 2.31. The second kappa shape index (κ2) is 4.40. The summed E-state index contributed by atoms with van der Waals surface area (Å²) >= 11 is 0. The second-order valence-electron chi connectivity index (χ2n) is 4.83. The molecule has 0 spiro atoms. The molecule has 1 aliphatic carbocycles. The van der Waals surface area contributed by atoms with Crippen LogP contribution in [0.4, 0.5) is 0 Å². The van der Waals surface area contributed by atoms with Crippen LogP contribution in [-0.4, -0.2) is 35.5 Å². The van der Waals surface area contributed by atoms with Crippen LogP contribution in [-0.2, 0) is 0 Å². The van der Waals surface area contributed by atoms with Crippen LogP contribution in [0.25, 0.3) is 0 Å². The van der Waals surface area contributed by atoms with Crippen LogP contribution < -0.4 is 5.32 Å². The summed E-state index contributed by atoms with van der Waals surface area (Å²) in [5.41, 5.74) is 0.424. The summed E-state index contributed by atoms with van der Waals surface area (Å²) in [6, 6.07) is 0.332. The Bertz CT molecular complexity index is 155. The van der Waals surface area contributed by atoms with Crippen molar-refractivity contribution >= 4 is 0 Å². The fourth-order valence-electron chi connectivity index (χ4n) is 2.07. The molecule has 13 heavy (non-hydrogen) atoms. The van der Waals surface area contributed by atoms with E-state index in [4.69, 9.17) is 10.2 Å². The van der Waals surface area contributed by atoms with E-state index in [1.807, 2.05) is 0 Å². The largest absolute Gasteiger partial charge is 0.395 e. The summed E-state index contributed by atoms with van der Waals surface area (Å²) in [6.07, 6.45) is 3.53. The summed E-state index contributed by atoms with van der Waals surface area (Å²) in [7, 11) is 0. The fraction of sp³-hybridized carbons (Fsp3) is 1.00. The van der Waals surface area contributed by atoms with Crippen molar-refractivity contribution in [3.05, 3.63) is 0 Å². The number of aliphatic hydroxyl groups is 2. The quantitative estimate of drug-likeness (QED) is 0.601. The Labute approximate surface area is 80.2 Å². The maximum Gasteiger partial charge on any atom is 0.0607 e. The number of rotatable bonds is 4. The van der Waals surface area contributed by atoms with Gasteiger partial charge in [-0.05, 0) is 24.7 Å². The van der Waals surface area contributed by atoms with Crippen LogP contribution in [0.5, 0.6) is 0 Å². The van der Waals surface area contributed by atoms with E-state index in [-0.39, 0.29) is 19.3 Å². The van der Waals surface area contributed by atoms with E-state index in [2.05, 4.69) is 19.2 Å². The minimum atomic E-state index is -0.140. The Morgan fingerprint density at radius 3 is 2.38 bits per heavy atom. The summed E-state index contributed by atoms with van der Waals surface area (Å²) in [5, 5.41) is 21.1. The van der Waals surface area contributed by atoms with Crippen molar-refractivity contribution in [2.24, 2.45) is 5.41 Å². The van der Waals surface area contributed by atoms with Gasteiger partial charge in [0.2, 0.25) is 0 Å². The molecule has 3 N–H and O–H groups in total. The molecular weight excluding hydrogens is 166 g/mol. The van der Waals surface area contributed by atoms with Gasteiger partial charge in [0.25, 0.3) is 0 Å². The Morgan fingerprint density at radius 1 is 1.38 bits per heavy atom. The normalized spacial score (nSPS) is 27.0. The highest BCUT2D eigenvalue weighted by atomic mass is 16.3. The van der Waals surface area contributed by atoms with Gasteiger partial charge in [-0.3, -0.25) is 0 Å². The molecule has 1 rings (SSSR count). The van der Waals surface area contributed by atoms with Gasteiger partial charge in [-0.1, -0.05) is 13.8 Å². The van der Waals surface area contributed by atoms with Gasteiger partial charge in [0.15, 0.2) is 0 Å². The molecule has 0 saturated heterocycles. The van der Waals surface area contributed by atoms with Gasteiger partial charge in [-0.2, -0.15) is 0 Å². The molecule has 0 aliphatic heterocycles. The zero-order valence-corrected chi connectivity index (χ0v) is 8.58. The lowest BCUT2D eigenvalue weighted by Crippen LogP contribution is -2.42. The van der Waals surface area contributed by atoms with Crippen LogP contribution in [0.15, 0.2) is 0 Å². The number of nitrogens with one attached hydrogen (secondary N) is 1. The summed E-state index contributed by atoms with van der Waals surface area (Å²) < 4.78 is 0. The lowest BCUT2D eigenvalue weighted by Gasteiger charge is -2.21. The first-order valence-electron chi connectivity index (χ1n) is 5.05. The van der Waals surface area contributed by atoms with Gasteiger partial charge in [-0.25, -0.2) is 0 Å². The third-order valence-corrected chi connectivity index (χ3v) is 2.88. The topological polar surface area (TPSA) is 52.5 Å². The molecular formula is C10H21NO2. The first-order valence-corrected chi connectivity index (χ1v) is 5.05. The van der Waals surface area contributed by atoms with Crippen molar-refractivity contribution in [2.75, 3.05) is 13.2 Å². The Hall–Kier alpha value is -0.120. The molecule has 0 bridgehead atoms. The van der Waals surface area contributed by atoms with E-state index in [0.29, 0.717) is 11.5 Å². The monoisotopic (exact) mass is 187 g/mol.